The third-order valence-electron chi connectivity index (χ3n) is 2.12. The highest BCUT2D eigenvalue weighted by atomic mass is 32.2. The highest BCUT2D eigenvalue weighted by Crippen LogP contribution is 2.45. The van der Waals surface area contributed by atoms with E-state index in [2.05, 4.69) is 0 Å². The highest BCUT2D eigenvalue weighted by Gasteiger charge is 2.51. The summed E-state index contributed by atoms with van der Waals surface area (Å²) in [5.74, 6) is 0. The predicted molar refractivity (Wildman–Crippen MR) is 40.0 cm³/mol. The van der Waals surface area contributed by atoms with Crippen LogP contribution in [0.2, 0.25) is 0 Å². The summed E-state index contributed by atoms with van der Waals surface area (Å²) in [5.41, 5.74) is 0. The van der Waals surface area contributed by atoms with Crippen LogP contribution < -0.4 is 5.14 Å². The van der Waals surface area contributed by atoms with Crippen LogP contribution in [0.5, 0.6) is 0 Å². The van der Waals surface area contributed by atoms with Gasteiger partial charge < -0.3 is 0 Å². The Kier molecular flexibility index (Phi) is 1.76. The molecule has 1 saturated carbocycles. The van der Waals surface area contributed by atoms with Gasteiger partial charge in [0.25, 0.3) is 0 Å². The van der Waals surface area contributed by atoms with E-state index < -0.39 is 14.8 Å². The molecular weight excluding hydrogens is 150 g/mol. The van der Waals surface area contributed by atoms with Gasteiger partial charge in [-0.05, 0) is 19.3 Å². The fraction of sp³-hybridized carbons (Fsp3) is 1.00. The van der Waals surface area contributed by atoms with E-state index in [9.17, 15) is 8.42 Å². The summed E-state index contributed by atoms with van der Waals surface area (Å²) in [4.78, 5) is 0. The third kappa shape index (κ3) is 1.18. The summed E-state index contributed by atoms with van der Waals surface area (Å²) in [6, 6.07) is 0. The number of hydrogen-bond acceptors (Lipinski definition) is 2. The average molecular weight is 163 g/mol. The molecule has 0 aliphatic heterocycles. The number of primary sulfonamides is 1. The first-order valence-electron chi connectivity index (χ1n) is 3.54. The van der Waals surface area contributed by atoms with E-state index in [4.69, 9.17) is 5.14 Å². The maximum atomic E-state index is 10.9. The molecule has 0 spiro atoms. The lowest BCUT2D eigenvalue weighted by Gasteiger charge is -2.09. The number of hydrogen-bond donors (Lipinski definition) is 1. The van der Waals surface area contributed by atoms with E-state index in [0.29, 0.717) is 0 Å². The van der Waals surface area contributed by atoms with Crippen molar-refractivity contribution in [3.8, 4) is 0 Å². The van der Waals surface area contributed by atoms with Crippen molar-refractivity contribution in [2.45, 2.75) is 37.4 Å². The lowest BCUT2D eigenvalue weighted by atomic mass is 10.2. The van der Waals surface area contributed by atoms with Crippen LogP contribution in [0.25, 0.3) is 0 Å². The van der Waals surface area contributed by atoms with E-state index in [1.807, 2.05) is 6.92 Å². The van der Waals surface area contributed by atoms with Crippen LogP contribution in [-0.2, 0) is 10.0 Å². The van der Waals surface area contributed by atoms with Gasteiger partial charge in [0.2, 0.25) is 10.0 Å². The van der Waals surface area contributed by atoms with Gasteiger partial charge in [-0.25, -0.2) is 13.6 Å². The van der Waals surface area contributed by atoms with Crippen molar-refractivity contribution in [1.82, 2.24) is 0 Å². The molecule has 0 unspecified atom stereocenters. The number of rotatable bonds is 3. The second-order valence-electron chi connectivity index (χ2n) is 2.98. The van der Waals surface area contributed by atoms with Gasteiger partial charge in [0.05, 0.1) is 4.75 Å². The molecule has 0 atom stereocenters. The first-order valence-corrected chi connectivity index (χ1v) is 5.09. The average Bonchev–Trinajstić information content (AvgIpc) is 2.45. The highest BCUT2D eigenvalue weighted by molar-refractivity contribution is 7.90. The molecule has 0 aromatic heterocycles. The van der Waals surface area contributed by atoms with Gasteiger partial charge in [-0.1, -0.05) is 13.3 Å². The zero-order valence-electron chi connectivity index (χ0n) is 6.13. The summed E-state index contributed by atoms with van der Waals surface area (Å²) in [7, 11) is -3.25. The number of sulfonamides is 1. The van der Waals surface area contributed by atoms with Gasteiger partial charge in [0, 0.05) is 0 Å². The Morgan fingerprint density at radius 2 is 2.00 bits per heavy atom. The van der Waals surface area contributed by atoms with Gasteiger partial charge in [-0.2, -0.15) is 0 Å². The van der Waals surface area contributed by atoms with E-state index in [0.717, 1.165) is 25.7 Å². The zero-order chi connectivity index (χ0) is 7.83. The van der Waals surface area contributed by atoms with Crippen LogP contribution in [0.3, 0.4) is 0 Å². The molecule has 10 heavy (non-hydrogen) atoms. The Morgan fingerprint density at radius 3 is 2.10 bits per heavy atom. The maximum Gasteiger partial charge on any atom is 0.214 e. The molecule has 1 aliphatic carbocycles. The van der Waals surface area contributed by atoms with Crippen LogP contribution in [0.15, 0.2) is 0 Å². The maximum absolute atomic E-state index is 10.9. The Morgan fingerprint density at radius 1 is 1.50 bits per heavy atom. The fourth-order valence-corrected chi connectivity index (χ4v) is 2.43. The fourth-order valence-electron chi connectivity index (χ4n) is 1.27. The summed E-state index contributed by atoms with van der Waals surface area (Å²) >= 11 is 0. The van der Waals surface area contributed by atoms with Crippen LogP contribution >= 0.6 is 0 Å². The first-order chi connectivity index (χ1) is 4.52. The Hall–Kier alpha value is -0.0900. The standard InChI is InChI=1S/C6H13NO2S/c1-2-3-6(4-5-6)10(7,8)9/h2-5H2,1H3,(H2,7,8,9). The van der Waals surface area contributed by atoms with Crippen molar-refractivity contribution in [3.05, 3.63) is 0 Å². The van der Waals surface area contributed by atoms with Crippen molar-refractivity contribution in [1.29, 1.82) is 0 Å². The summed E-state index contributed by atoms with van der Waals surface area (Å²) in [6.07, 6.45) is 3.15. The Balaban J connectivity index is 2.71. The minimum atomic E-state index is -3.25. The molecule has 2 N–H and O–H groups in total. The molecule has 1 rings (SSSR count). The predicted octanol–water partition coefficient (Wildman–Crippen LogP) is 0.608. The quantitative estimate of drug-likeness (QED) is 0.662. The van der Waals surface area contributed by atoms with Gasteiger partial charge in [-0.3, -0.25) is 0 Å². The largest absolute Gasteiger partial charge is 0.228 e. The Bertz CT molecular complexity index is 216. The van der Waals surface area contributed by atoms with Crippen LogP contribution in [0.1, 0.15) is 32.6 Å². The summed E-state index contributed by atoms with van der Waals surface area (Å²) in [5, 5.41) is 5.03. The molecule has 0 saturated heterocycles. The third-order valence-corrected chi connectivity index (χ3v) is 3.94. The lowest BCUT2D eigenvalue weighted by Crippen LogP contribution is -2.30. The molecule has 0 heterocycles. The molecule has 1 fully saturated rings. The SMILES string of the molecule is CCCC1(S(N)(=O)=O)CC1. The van der Waals surface area contributed by atoms with Gasteiger partial charge in [0.1, 0.15) is 0 Å². The van der Waals surface area contributed by atoms with Crippen molar-refractivity contribution in [2.24, 2.45) is 5.14 Å². The minimum absolute atomic E-state index is 0.512. The van der Waals surface area contributed by atoms with E-state index in [1.165, 1.54) is 0 Å². The molecule has 0 radical (unpaired) electrons. The number of nitrogens with two attached hydrogens (primary N) is 1. The van der Waals surface area contributed by atoms with Gasteiger partial charge in [-0.15, -0.1) is 0 Å². The van der Waals surface area contributed by atoms with Crippen molar-refractivity contribution in [3.63, 3.8) is 0 Å². The molecular formula is C6H13NO2S. The molecule has 0 aromatic rings. The molecule has 0 aromatic carbocycles. The van der Waals surface area contributed by atoms with Crippen molar-refractivity contribution < 1.29 is 8.42 Å². The monoisotopic (exact) mass is 163 g/mol. The zero-order valence-corrected chi connectivity index (χ0v) is 6.95. The topological polar surface area (TPSA) is 60.2 Å². The second-order valence-corrected chi connectivity index (χ2v) is 4.93. The molecule has 1 aliphatic rings. The van der Waals surface area contributed by atoms with E-state index in [1.54, 1.807) is 0 Å². The molecule has 0 bridgehead atoms. The first kappa shape index (κ1) is 8.01. The van der Waals surface area contributed by atoms with Crippen molar-refractivity contribution in [2.75, 3.05) is 0 Å². The van der Waals surface area contributed by atoms with Crippen LogP contribution in [-0.4, -0.2) is 13.2 Å². The minimum Gasteiger partial charge on any atom is -0.228 e. The molecule has 60 valence electrons. The van der Waals surface area contributed by atoms with Crippen LogP contribution in [0, 0.1) is 0 Å². The Labute approximate surface area is 61.7 Å². The van der Waals surface area contributed by atoms with Gasteiger partial charge >= 0.3 is 0 Å². The van der Waals surface area contributed by atoms with E-state index in [-0.39, 0.29) is 0 Å². The molecule has 4 heteroatoms. The lowest BCUT2D eigenvalue weighted by molar-refractivity contribution is 0.567. The van der Waals surface area contributed by atoms with Crippen LogP contribution in [0.4, 0.5) is 0 Å². The summed E-state index contributed by atoms with van der Waals surface area (Å²) in [6.45, 7) is 1.98. The van der Waals surface area contributed by atoms with Crippen molar-refractivity contribution >= 4 is 10.0 Å². The molecule has 3 nitrogen and oxygen atoms in total. The smallest absolute Gasteiger partial charge is 0.214 e. The molecule has 0 amide bonds. The van der Waals surface area contributed by atoms with E-state index >= 15 is 0 Å². The second kappa shape index (κ2) is 2.20. The normalized spacial score (nSPS) is 22.6. The van der Waals surface area contributed by atoms with Gasteiger partial charge in [0.15, 0.2) is 0 Å². The summed E-state index contributed by atoms with van der Waals surface area (Å²) < 4.78 is 21.3.